The van der Waals surface area contributed by atoms with E-state index < -0.39 is 22.2 Å². The summed E-state index contributed by atoms with van der Waals surface area (Å²) in [6.07, 6.45) is 1.70. The normalized spacial score (nSPS) is 18.5. The second kappa shape index (κ2) is 5.92. The Morgan fingerprint density at radius 1 is 1.42 bits per heavy atom. The molecule has 1 atom stereocenters. The number of rotatable bonds is 5. The molecule has 0 spiro atoms. The van der Waals surface area contributed by atoms with E-state index in [0.717, 1.165) is 19.4 Å². The lowest BCUT2D eigenvalue weighted by molar-refractivity contribution is -0.385. The monoisotopic (exact) mass is 272 g/mol. The number of nitro groups is 1. The first-order valence-corrected chi connectivity index (χ1v) is 6.03. The molecule has 0 bridgehead atoms. The number of hydrogen-bond acceptors (Lipinski definition) is 4. The minimum atomic E-state index is -0.950. The second-order valence-electron chi connectivity index (χ2n) is 4.49. The summed E-state index contributed by atoms with van der Waals surface area (Å²) in [5, 5.41) is 13.1. The summed E-state index contributed by atoms with van der Waals surface area (Å²) in [6.45, 7) is 1.80. The van der Waals surface area contributed by atoms with Crippen molar-refractivity contribution in [2.24, 2.45) is 5.92 Å². The van der Waals surface area contributed by atoms with Crippen molar-refractivity contribution in [2.45, 2.75) is 12.8 Å². The van der Waals surface area contributed by atoms with Gasteiger partial charge in [-0.1, -0.05) is 0 Å². The van der Waals surface area contributed by atoms with Crippen molar-refractivity contribution < 1.29 is 18.4 Å². The quantitative estimate of drug-likeness (QED) is 0.661. The van der Waals surface area contributed by atoms with Gasteiger partial charge in [0.2, 0.25) is 0 Å². The lowest BCUT2D eigenvalue weighted by Crippen LogP contribution is -2.11. The van der Waals surface area contributed by atoms with E-state index in [1.807, 2.05) is 0 Å². The lowest BCUT2D eigenvalue weighted by atomic mass is 10.1. The maximum Gasteiger partial charge on any atom is 0.275 e. The molecule has 1 aromatic carbocycles. The average molecular weight is 272 g/mol. The van der Waals surface area contributed by atoms with Crippen LogP contribution in [0, 0.1) is 27.7 Å². The minimum Gasteiger partial charge on any atom is -0.381 e. The van der Waals surface area contributed by atoms with E-state index in [1.165, 1.54) is 0 Å². The van der Waals surface area contributed by atoms with Gasteiger partial charge in [0.05, 0.1) is 17.1 Å². The molecule has 0 amide bonds. The molecule has 1 unspecified atom stereocenters. The van der Waals surface area contributed by atoms with E-state index in [-0.39, 0.29) is 5.69 Å². The van der Waals surface area contributed by atoms with Crippen LogP contribution < -0.4 is 5.32 Å². The van der Waals surface area contributed by atoms with Crippen LogP contribution in [0.25, 0.3) is 0 Å². The van der Waals surface area contributed by atoms with Gasteiger partial charge in [0, 0.05) is 19.8 Å². The fraction of sp³-hybridized carbons (Fsp3) is 0.500. The van der Waals surface area contributed by atoms with Crippen LogP contribution in [-0.2, 0) is 4.74 Å². The minimum absolute atomic E-state index is 0.315. The standard InChI is InChI=1S/C12H14F2N2O3/c13-10-5-9(16(17)18)6-11(14)12(10)15-3-1-8-2-4-19-7-8/h5-6,8,15H,1-4,7H2. The van der Waals surface area contributed by atoms with Gasteiger partial charge >= 0.3 is 0 Å². The third-order valence-electron chi connectivity index (χ3n) is 3.12. The Morgan fingerprint density at radius 2 is 2.11 bits per heavy atom. The first kappa shape index (κ1) is 13.7. The highest BCUT2D eigenvalue weighted by molar-refractivity contribution is 5.51. The molecular weight excluding hydrogens is 258 g/mol. The van der Waals surface area contributed by atoms with Crippen LogP contribution in [0.4, 0.5) is 20.2 Å². The van der Waals surface area contributed by atoms with Gasteiger partial charge in [-0.25, -0.2) is 8.78 Å². The van der Waals surface area contributed by atoms with E-state index in [9.17, 15) is 18.9 Å². The second-order valence-corrected chi connectivity index (χ2v) is 4.49. The van der Waals surface area contributed by atoms with E-state index in [0.29, 0.717) is 31.2 Å². The number of non-ortho nitro benzene ring substituents is 1. The Morgan fingerprint density at radius 3 is 2.63 bits per heavy atom. The van der Waals surface area contributed by atoms with Gasteiger partial charge in [-0.15, -0.1) is 0 Å². The largest absolute Gasteiger partial charge is 0.381 e. The molecule has 0 aliphatic carbocycles. The number of ether oxygens (including phenoxy) is 1. The number of hydrogen-bond donors (Lipinski definition) is 1. The average Bonchev–Trinajstić information content (AvgIpc) is 2.85. The number of halogens is 2. The van der Waals surface area contributed by atoms with Crippen LogP contribution in [0.2, 0.25) is 0 Å². The summed E-state index contributed by atoms with van der Waals surface area (Å²) in [7, 11) is 0. The molecule has 0 aromatic heterocycles. The fourth-order valence-electron chi connectivity index (χ4n) is 2.05. The molecule has 1 aromatic rings. The number of anilines is 1. The molecule has 104 valence electrons. The van der Waals surface area contributed by atoms with Crippen LogP contribution >= 0.6 is 0 Å². The molecule has 0 radical (unpaired) electrons. The molecule has 1 N–H and O–H groups in total. The highest BCUT2D eigenvalue weighted by Gasteiger charge is 2.18. The Hall–Kier alpha value is -1.76. The van der Waals surface area contributed by atoms with Gasteiger partial charge in [-0.05, 0) is 18.8 Å². The molecule has 5 nitrogen and oxygen atoms in total. The highest BCUT2D eigenvalue weighted by Crippen LogP contribution is 2.25. The van der Waals surface area contributed by atoms with Crippen molar-refractivity contribution >= 4 is 11.4 Å². The maximum absolute atomic E-state index is 13.5. The van der Waals surface area contributed by atoms with Crippen molar-refractivity contribution in [3.05, 3.63) is 33.9 Å². The summed E-state index contributed by atoms with van der Waals surface area (Å²) in [5.74, 6) is -1.50. The van der Waals surface area contributed by atoms with E-state index in [1.54, 1.807) is 0 Å². The van der Waals surface area contributed by atoms with E-state index in [2.05, 4.69) is 5.32 Å². The van der Waals surface area contributed by atoms with Crippen LogP contribution in [-0.4, -0.2) is 24.7 Å². The van der Waals surface area contributed by atoms with Crippen molar-refractivity contribution in [1.29, 1.82) is 0 Å². The lowest BCUT2D eigenvalue weighted by Gasteiger charge is -2.11. The van der Waals surface area contributed by atoms with Gasteiger partial charge in [0.1, 0.15) is 5.69 Å². The van der Waals surface area contributed by atoms with Crippen LogP contribution in [0.15, 0.2) is 12.1 Å². The molecule has 7 heteroatoms. The van der Waals surface area contributed by atoms with Crippen molar-refractivity contribution in [1.82, 2.24) is 0 Å². The smallest absolute Gasteiger partial charge is 0.275 e. The molecule has 2 rings (SSSR count). The van der Waals surface area contributed by atoms with Crippen LogP contribution in [0.5, 0.6) is 0 Å². The Bertz CT molecular complexity index is 453. The topological polar surface area (TPSA) is 64.4 Å². The van der Waals surface area contributed by atoms with Crippen molar-refractivity contribution in [2.75, 3.05) is 25.1 Å². The third-order valence-corrected chi connectivity index (χ3v) is 3.12. The number of nitrogens with zero attached hydrogens (tertiary/aromatic N) is 1. The zero-order chi connectivity index (χ0) is 13.8. The SMILES string of the molecule is O=[N+]([O-])c1cc(F)c(NCCC2CCOC2)c(F)c1. The summed E-state index contributed by atoms with van der Waals surface area (Å²) in [4.78, 5) is 9.62. The van der Waals surface area contributed by atoms with Gasteiger partial charge in [0.25, 0.3) is 5.69 Å². The highest BCUT2D eigenvalue weighted by atomic mass is 19.1. The maximum atomic E-state index is 13.5. The van der Waals surface area contributed by atoms with Gasteiger partial charge < -0.3 is 10.1 Å². The van der Waals surface area contributed by atoms with Crippen molar-refractivity contribution in [3.63, 3.8) is 0 Å². The molecule has 1 aliphatic rings. The summed E-state index contributed by atoms with van der Waals surface area (Å²) in [6, 6.07) is 1.42. The zero-order valence-electron chi connectivity index (χ0n) is 10.2. The van der Waals surface area contributed by atoms with E-state index >= 15 is 0 Å². The van der Waals surface area contributed by atoms with Crippen LogP contribution in [0.1, 0.15) is 12.8 Å². The van der Waals surface area contributed by atoms with Gasteiger partial charge in [0.15, 0.2) is 11.6 Å². The first-order chi connectivity index (χ1) is 9.08. The zero-order valence-corrected chi connectivity index (χ0v) is 10.2. The number of nitrogens with one attached hydrogen (secondary N) is 1. The Balaban J connectivity index is 1.97. The molecule has 1 heterocycles. The molecule has 1 aliphatic heterocycles. The number of benzene rings is 1. The van der Waals surface area contributed by atoms with Crippen molar-refractivity contribution in [3.8, 4) is 0 Å². The first-order valence-electron chi connectivity index (χ1n) is 6.03. The van der Waals surface area contributed by atoms with Gasteiger partial charge in [-0.2, -0.15) is 0 Å². The third kappa shape index (κ3) is 3.37. The Kier molecular flexibility index (Phi) is 4.26. The number of nitro benzene ring substituents is 1. The Labute approximate surface area is 108 Å². The predicted molar refractivity (Wildman–Crippen MR) is 65.0 cm³/mol. The van der Waals surface area contributed by atoms with Gasteiger partial charge in [-0.3, -0.25) is 10.1 Å². The summed E-state index contributed by atoms with van der Waals surface area (Å²) >= 11 is 0. The van der Waals surface area contributed by atoms with Crippen LogP contribution in [0.3, 0.4) is 0 Å². The molecule has 1 fully saturated rings. The molecule has 0 saturated carbocycles. The summed E-state index contributed by atoms with van der Waals surface area (Å²) in [5.41, 5.74) is -0.908. The van der Waals surface area contributed by atoms with E-state index in [4.69, 9.17) is 4.74 Å². The fourth-order valence-corrected chi connectivity index (χ4v) is 2.05. The predicted octanol–water partition coefficient (Wildman–Crippen LogP) is 2.71. The summed E-state index contributed by atoms with van der Waals surface area (Å²) < 4.78 is 32.3. The molecule has 1 saturated heterocycles. The molecule has 19 heavy (non-hydrogen) atoms. The molecular formula is C12H14F2N2O3.